The fraction of sp³-hybridized carbons (Fsp3) is 0.857. The summed E-state index contributed by atoms with van der Waals surface area (Å²) in [6.07, 6.45) is 5.96. The number of primary amides is 1. The first kappa shape index (κ1) is 14.3. The van der Waals surface area contributed by atoms with Crippen LogP contribution < -0.4 is 11.1 Å². The summed E-state index contributed by atoms with van der Waals surface area (Å²) in [5.74, 6) is 0.279. The highest BCUT2D eigenvalue weighted by Crippen LogP contribution is 2.22. The van der Waals surface area contributed by atoms with Crippen LogP contribution in [0.4, 0.5) is 0 Å². The molecule has 3 N–H and O–H groups in total. The average molecular weight is 264 g/mol. The number of carbonyl (C=O) groups excluding carboxylic acids is 1. The molecular formula is C14H24N4O. The van der Waals surface area contributed by atoms with E-state index in [1.54, 1.807) is 0 Å². The molecular weight excluding hydrogens is 240 g/mol. The molecule has 2 fully saturated rings. The SMILES string of the molecule is N#CC(CCN1CCC(CC(N)=O)CC1)NC1CC1. The van der Waals surface area contributed by atoms with Gasteiger partial charge < -0.3 is 10.6 Å². The van der Waals surface area contributed by atoms with E-state index < -0.39 is 0 Å². The maximum absolute atomic E-state index is 10.9. The first-order valence-electron chi connectivity index (χ1n) is 7.33. The van der Waals surface area contributed by atoms with Crippen LogP contribution in [-0.4, -0.2) is 42.5 Å². The van der Waals surface area contributed by atoms with Crippen LogP contribution in [0.15, 0.2) is 0 Å². The quantitative estimate of drug-likeness (QED) is 0.706. The molecule has 1 aliphatic heterocycles. The zero-order valence-electron chi connectivity index (χ0n) is 11.5. The highest BCUT2D eigenvalue weighted by Gasteiger charge is 2.25. The van der Waals surface area contributed by atoms with E-state index in [2.05, 4.69) is 16.3 Å². The molecule has 0 spiro atoms. The summed E-state index contributed by atoms with van der Waals surface area (Å²) < 4.78 is 0. The molecule has 0 bridgehead atoms. The van der Waals surface area contributed by atoms with Gasteiger partial charge in [0.05, 0.1) is 12.1 Å². The third kappa shape index (κ3) is 5.17. The summed E-state index contributed by atoms with van der Waals surface area (Å²) >= 11 is 0. The molecule has 1 unspecified atom stereocenters. The van der Waals surface area contributed by atoms with E-state index in [1.165, 1.54) is 12.8 Å². The zero-order chi connectivity index (χ0) is 13.7. The number of nitriles is 1. The van der Waals surface area contributed by atoms with E-state index in [0.717, 1.165) is 38.9 Å². The molecule has 1 aliphatic carbocycles. The molecule has 1 saturated carbocycles. The Morgan fingerprint density at radius 2 is 2.05 bits per heavy atom. The van der Waals surface area contributed by atoms with Crippen molar-refractivity contribution in [2.75, 3.05) is 19.6 Å². The number of likely N-dealkylation sites (tertiary alicyclic amines) is 1. The van der Waals surface area contributed by atoms with Gasteiger partial charge in [-0.25, -0.2) is 0 Å². The molecule has 1 atom stereocenters. The summed E-state index contributed by atoms with van der Waals surface area (Å²) in [7, 11) is 0. The lowest BCUT2D eigenvalue weighted by Gasteiger charge is -2.31. The summed E-state index contributed by atoms with van der Waals surface area (Å²) in [6, 6.07) is 2.93. The Labute approximate surface area is 115 Å². The van der Waals surface area contributed by atoms with Crippen LogP contribution in [0.1, 0.15) is 38.5 Å². The minimum Gasteiger partial charge on any atom is -0.370 e. The van der Waals surface area contributed by atoms with Crippen LogP contribution in [0.2, 0.25) is 0 Å². The number of nitrogens with two attached hydrogens (primary N) is 1. The van der Waals surface area contributed by atoms with E-state index in [0.29, 0.717) is 18.4 Å². The maximum atomic E-state index is 10.9. The monoisotopic (exact) mass is 264 g/mol. The van der Waals surface area contributed by atoms with E-state index in [9.17, 15) is 4.79 Å². The molecule has 2 rings (SSSR count). The van der Waals surface area contributed by atoms with Crippen LogP contribution in [0.25, 0.3) is 0 Å². The minimum atomic E-state index is -0.184. The number of carbonyl (C=O) groups is 1. The number of rotatable bonds is 7. The molecule has 0 aromatic carbocycles. The summed E-state index contributed by atoms with van der Waals surface area (Å²) in [5, 5.41) is 12.5. The van der Waals surface area contributed by atoms with Crippen molar-refractivity contribution in [1.29, 1.82) is 5.26 Å². The van der Waals surface area contributed by atoms with Gasteiger partial charge in [0, 0.05) is 19.0 Å². The maximum Gasteiger partial charge on any atom is 0.217 e. The van der Waals surface area contributed by atoms with Crippen LogP contribution >= 0.6 is 0 Å². The highest BCUT2D eigenvalue weighted by molar-refractivity contribution is 5.73. The van der Waals surface area contributed by atoms with Crippen molar-refractivity contribution < 1.29 is 4.79 Å². The number of hydrogen-bond acceptors (Lipinski definition) is 4. The van der Waals surface area contributed by atoms with E-state index >= 15 is 0 Å². The van der Waals surface area contributed by atoms with Gasteiger partial charge in [-0.15, -0.1) is 0 Å². The van der Waals surface area contributed by atoms with Crippen LogP contribution in [-0.2, 0) is 4.79 Å². The topological polar surface area (TPSA) is 82.2 Å². The lowest BCUT2D eigenvalue weighted by Crippen LogP contribution is -2.39. The molecule has 5 heteroatoms. The number of amides is 1. The minimum absolute atomic E-state index is 0.00385. The first-order valence-corrected chi connectivity index (χ1v) is 7.33. The highest BCUT2D eigenvalue weighted by atomic mass is 16.1. The van der Waals surface area contributed by atoms with Gasteiger partial charge in [0.1, 0.15) is 0 Å². The molecule has 5 nitrogen and oxygen atoms in total. The van der Waals surface area contributed by atoms with Crippen LogP contribution in [0, 0.1) is 17.2 Å². The van der Waals surface area contributed by atoms with Crippen molar-refractivity contribution in [3.8, 4) is 6.07 Å². The normalized spacial score (nSPS) is 22.9. The van der Waals surface area contributed by atoms with Gasteiger partial charge in [0.2, 0.25) is 5.91 Å². The molecule has 1 heterocycles. The van der Waals surface area contributed by atoms with Gasteiger partial charge in [0.15, 0.2) is 0 Å². The third-order valence-electron chi connectivity index (χ3n) is 4.10. The van der Waals surface area contributed by atoms with Crippen molar-refractivity contribution in [2.45, 2.75) is 50.6 Å². The second-order valence-electron chi connectivity index (χ2n) is 5.87. The second kappa shape index (κ2) is 6.88. The average Bonchev–Trinajstić information content (AvgIpc) is 3.19. The number of piperidine rings is 1. The van der Waals surface area contributed by atoms with E-state index in [-0.39, 0.29) is 11.9 Å². The lowest BCUT2D eigenvalue weighted by molar-refractivity contribution is -0.119. The van der Waals surface area contributed by atoms with Gasteiger partial charge >= 0.3 is 0 Å². The number of hydrogen-bond donors (Lipinski definition) is 2. The van der Waals surface area contributed by atoms with E-state index in [4.69, 9.17) is 11.0 Å². The molecule has 1 amide bonds. The summed E-state index contributed by atoms with van der Waals surface area (Å²) in [5.41, 5.74) is 5.23. The van der Waals surface area contributed by atoms with Gasteiger partial charge in [-0.3, -0.25) is 10.1 Å². The van der Waals surface area contributed by atoms with Crippen molar-refractivity contribution in [3.63, 3.8) is 0 Å². The second-order valence-corrected chi connectivity index (χ2v) is 5.87. The predicted molar refractivity (Wildman–Crippen MR) is 73.2 cm³/mol. The number of nitrogens with zero attached hydrogens (tertiary/aromatic N) is 2. The Kier molecular flexibility index (Phi) is 5.17. The standard InChI is InChI=1S/C14H24N4O/c15-10-13(17-12-1-2-12)5-8-18-6-3-11(4-7-18)9-14(16)19/h11-13,17H,1-9H2,(H2,16,19). The Balaban J connectivity index is 1.62. The third-order valence-corrected chi connectivity index (χ3v) is 4.10. The van der Waals surface area contributed by atoms with Gasteiger partial charge in [-0.05, 0) is 51.1 Å². The van der Waals surface area contributed by atoms with Crippen molar-refractivity contribution in [2.24, 2.45) is 11.7 Å². The Hall–Kier alpha value is -1.12. The Morgan fingerprint density at radius 3 is 2.58 bits per heavy atom. The Bertz CT molecular complexity index is 340. The molecule has 0 radical (unpaired) electrons. The molecule has 1 saturated heterocycles. The summed E-state index contributed by atoms with van der Waals surface area (Å²) in [4.78, 5) is 13.3. The molecule has 2 aliphatic rings. The first-order chi connectivity index (χ1) is 9.17. The zero-order valence-corrected chi connectivity index (χ0v) is 11.5. The smallest absolute Gasteiger partial charge is 0.217 e. The number of nitrogens with one attached hydrogen (secondary N) is 1. The fourth-order valence-corrected chi connectivity index (χ4v) is 2.73. The Morgan fingerprint density at radius 1 is 1.37 bits per heavy atom. The van der Waals surface area contributed by atoms with Crippen molar-refractivity contribution in [3.05, 3.63) is 0 Å². The van der Waals surface area contributed by atoms with Gasteiger partial charge in [-0.1, -0.05) is 0 Å². The molecule has 106 valence electrons. The van der Waals surface area contributed by atoms with Crippen LogP contribution in [0.5, 0.6) is 0 Å². The van der Waals surface area contributed by atoms with Crippen LogP contribution in [0.3, 0.4) is 0 Å². The van der Waals surface area contributed by atoms with Crippen molar-refractivity contribution in [1.82, 2.24) is 10.2 Å². The fourth-order valence-electron chi connectivity index (χ4n) is 2.73. The van der Waals surface area contributed by atoms with Crippen molar-refractivity contribution >= 4 is 5.91 Å². The van der Waals surface area contributed by atoms with Gasteiger partial charge in [-0.2, -0.15) is 5.26 Å². The molecule has 19 heavy (non-hydrogen) atoms. The lowest BCUT2D eigenvalue weighted by atomic mass is 9.93. The van der Waals surface area contributed by atoms with E-state index in [1.807, 2.05) is 0 Å². The predicted octanol–water partition coefficient (Wildman–Crippen LogP) is 0.608. The molecule has 0 aromatic rings. The molecule has 0 aromatic heterocycles. The largest absolute Gasteiger partial charge is 0.370 e. The van der Waals surface area contributed by atoms with Gasteiger partial charge in [0.25, 0.3) is 0 Å². The summed E-state index contributed by atoms with van der Waals surface area (Å²) in [6.45, 7) is 3.03.